The molecule has 1 aromatic carbocycles. The number of amides is 2. The van der Waals surface area contributed by atoms with Gasteiger partial charge in [-0.2, -0.15) is 0 Å². The fourth-order valence-corrected chi connectivity index (χ4v) is 2.94. The molecule has 126 valence electrons. The van der Waals surface area contributed by atoms with Crippen LogP contribution in [0.4, 0.5) is 0 Å². The van der Waals surface area contributed by atoms with Crippen LogP contribution in [0.1, 0.15) is 63.2 Å². The number of hydrogen-bond acceptors (Lipinski definition) is 2. The maximum Gasteiger partial charge on any atom is 0.272 e. The molecule has 2 amide bonds. The van der Waals surface area contributed by atoms with Gasteiger partial charge >= 0.3 is 0 Å². The Morgan fingerprint density at radius 2 is 1.65 bits per heavy atom. The topological polar surface area (TPSA) is 49.4 Å². The number of halogens is 1. The summed E-state index contributed by atoms with van der Waals surface area (Å²) in [6.07, 6.45) is 5.16. The number of nitrogens with zero attached hydrogens (tertiary/aromatic N) is 1. The monoisotopic (exact) mass is 336 g/mol. The van der Waals surface area contributed by atoms with Gasteiger partial charge in [-0.15, -0.1) is 0 Å². The van der Waals surface area contributed by atoms with E-state index in [1.807, 2.05) is 20.8 Å². The van der Waals surface area contributed by atoms with E-state index in [1.165, 1.54) is 11.4 Å². The highest BCUT2D eigenvalue weighted by molar-refractivity contribution is 6.30. The van der Waals surface area contributed by atoms with Crippen molar-refractivity contribution < 1.29 is 9.59 Å². The molecule has 0 aromatic heterocycles. The summed E-state index contributed by atoms with van der Waals surface area (Å²) >= 11 is 5.88. The van der Waals surface area contributed by atoms with Crippen LogP contribution in [-0.2, 0) is 4.79 Å². The van der Waals surface area contributed by atoms with Crippen LogP contribution < -0.4 is 5.43 Å². The molecule has 5 heteroatoms. The molecular weight excluding hydrogens is 312 g/mol. The summed E-state index contributed by atoms with van der Waals surface area (Å²) < 4.78 is 0. The van der Waals surface area contributed by atoms with E-state index < -0.39 is 5.54 Å². The molecule has 0 bridgehead atoms. The Morgan fingerprint density at radius 1 is 1.09 bits per heavy atom. The first-order valence-corrected chi connectivity index (χ1v) is 8.57. The van der Waals surface area contributed by atoms with Gasteiger partial charge in [-0.1, -0.05) is 30.9 Å². The summed E-state index contributed by atoms with van der Waals surface area (Å²) in [6.45, 7) is 5.71. The molecule has 0 radical (unpaired) electrons. The van der Waals surface area contributed by atoms with E-state index in [2.05, 4.69) is 5.43 Å². The second-order valence-electron chi connectivity index (χ2n) is 7.13. The predicted octanol–water partition coefficient (Wildman–Crippen LogP) is 4.19. The molecule has 0 aliphatic heterocycles. The van der Waals surface area contributed by atoms with Crippen molar-refractivity contribution in [1.29, 1.82) is 0 Å². The van der Waals surface area contributed by atoms with E-state index in [1.54, 1.807) is 24.3 Å². The third-order valence-corrected chi connectivity index (χ3v) is 4.42. The first-order valence-electron chi connectivity index (χ1n) is 8.19. The van der Waals surface area contributed by atoms with Crippen molar-refractivity contribution in [1.82, 2.24) is 10.4 Å². The average molecular weight is 337 g/mol. The number of hydrazine groups is 1. The lowest BCUT2D eigenvalue weighted by Gasteiger charge is -2.37. The van der Waals surface area contributed by atoms with Crippen LogP contribution in [0.3, 0.4) is 0 Å². The van der Waals surface area contributed by atoms with Crippen LogP contribution in [0.25, 0.3) is 0 Å². The summed E-state index contributed by atoms with van der Waals surface area (Å²) in [6, 6.07) is 6.71. The normalized spacial score (nSPS) is 16.0. The van der Waals surface area contributed by atoms with E-state index in [-0.39, 0.29) is 17.7 Å². The van der Waals surface area contributed by atoms with Gasteiger partial charge in [0.15, 0.2) is 0 Å². The first-order chi connectivity index (χ1) is 10.8. The van der Waals surface area contributed by atoms with Gasteiger partial charge in [-0.05, 0) is 57.9 Å². The second kappa shape index (κ2) is 7.35. The lowest BCUT2D eigenvalue weighted by molar-refractivity contribution is -0.131. The van der Waals surface area contributed by atoms with Gasteiger partial charge < -0.3 is 0 Å². The average Bonchev–Trinajstić information content (AvgIpc) is 2.52. The van der Waals surface area contributed by atoms with E-state index in [4.69, 9.17) is 11.6 Å². The second-order valence-corrected chi connectivity index (χ2v) is 7.57. The van der Waals surface area contributed by atoms with E-state index in [9.17, 15) is 9.59 Å². The molecule has 0 unspecified atom stereocenters. The largest absolute Gasteiger partial charge is 0.273 e. The number of hydrogen-bond donors (Lipinski definition) is 1. The Balaban J connectivity index is 2.15. The quantitative estimate of drug-likeness (QED) is 0.823. The maximum atomic E-state index is 12.8. The highest BCUT2D eigenvalue weighted by atomic mass is 35.5. The minimum Gasteiger partial charge on any atom is -0.273 e. The number of carbonyl (C=O) groups is 2. The highest BCUT2D eigenvalue weighted by Gasteiger charge is 2.31. The molecule has 0 saturated heterocycles. The van der Waals surface area contributed by atoms with Crippen LogP contribution in [0.5, 0.6) is 0 Å². The zero-order chi connectivity index (χ0) is 17.0. The predicted molar refractivity (Wildman–Crippen MR) is 92.1 cm³/mol. The minimum atomic E-state index is -0.513. The Labute approximate surface area is 143 Å². The molecule has 4 nitrogen and oxygen atoms in total. The van der Waals surface area contributed by atoms with Crippen molar-refractivity contribution >= 4 is 23.4 Å². The summed E-state index contributed by atoms with van der Waals surface area (Å²) in [7, 11) is 0. The lowest BCUT2D eigenvalue weighted by Crippen LogP contribution is -2.57. The van der Waals surface area contributed by atoms with Crippen molar-refractivity contribution in [2.24, 2.45) is 5.92 Å². The van der Waals surface area contributed by atoms with Gasteiger partial charge in [0.2, 0.25) is 5.91 Å². The SMILES string of the molecule is CC(C)(C)N(NC(=O)C1CCCCC1)C(=O)c1ccc(Cl)cc1. The molecular formula is C18H25ClN2O2. The fourth-order valence-electron chi connectivity index (χ4n) is 2.81. The van der Waals surface area contributed by atoms with Gasteiger partial charge in [0.1, 0.15) is 0 Å². The zero-order valence-electron chi connectivity index (χ0n) is 14.1. The molecule has 1 aromatic rings. The molecule has 0 heterocycles. The summed E-state index contributed by atoms with van der Waals surface area (Å²) in [5.74, 6) is -0.271. The van der Waals surface area contributed by atoms with Crippen molar-refractivity contribution in [3.05, 3.63) is 34.9 Å². The smallest absolute Gasteiger partial charge is 0.272 e. The van der Waals surface area contributed by atoms with Crippen molar-refractivity contribution in [2.75, 3.05) is 0 Å². The van der Waals surface area contributed by atoms with Crippen molar-refractivity contribution in [2.45, 2.75) is 58.4 Å². The van der Waals surface area contributed by atoms with Crippen LogP contribution in [0.2, 0.25) is 5.02 Å². The van der Waals surface area contributed by atoms with Crippen LogP contribution in [-0.4, -0.2) is 22.4 Å². The van der Waals surface area contributed by atoms with Crippen LogP contribution in [0.15, 0.2) is 24.3 Å². The van der Waals surface area contributed by atoms with Gasteiger partial charge in [-0.25, -0.2) is 5.01 Å². The fraction of sp³-hybridized carbons (Fsp3) is 0.556. The standard InChI is InChI=1S/C18H25ClN2O2/c1-18(2,3)21(17(23)14-9-11-15(19)12-10-14)20-16(22)13-7-5-4-6-8-13/h9-13H,4-8H2,1-3H3,(H,20,22). The molecule has 1 saturated carbocycles. The van der Waals surface area contributed by atoms with Gasteiger partial charge in [0.05, 0.1) is 5.54 Å². The molecule has 1 aliphatic rings. The van der Waals surface area contributed by atoms with Gasteiger partial charge in [-0.3, -0.25) is 15.0 Å². The maximum absolute atomic E-state index is 12.8. The number of carbonyl (C=O) groups excluding carboxylic acids is 2. The molecule has 0 atom stereocenters. The number of rotatable bonds is 2. The molecule has 1 aliphatic carbocycles. The molecule has 1 fully saturated rings. The van der Waals surface area contributed by atoms with E-state index >= 15 is 0 Å². The van der Waals surface area contributed by atoms with Gasteiger partial charge in [0.25, 0.3) is 5.91 Å². The third-order valence-electron chi connectivity index (χ3n) is 4.16. The minimum absolute atomic E-state index is 0.00613. The van der Waals surface area contributed by atoms with Crippen LogP contribution >= 0.6 is 11.6 Å². The number of nitrogens with one attached hydrogen (secondary N) is 1. The van der Waals surface area contributed by atoms with Crippen molar-refractivity contribution in [3.63, 3.8) is 0 Å². The van der Waals surface area contributed by atoms with E-state index in [0.717, 1.165) is 25.7 Å². The highest BCUT2D eigenvalue weighted by Crippen LogP contribution is 2.25. The summed E-state index contributed by atoms with van der Waals surface area (Å²) in [5.41, 5.74) is 2.85. The Kier molecular flexibility index (Phi) is 5.69. The van der Waals surface area contributed by atoms with Crippen LogP contribution in [0, 0.1) is 5.92 Å². The molecule has 0 spiro atoms. The third kappa shape index (κ3) is 4.71. The Morgan fingerprint density at radius 3 is 2.17 bits per heavy atom. The van der Waals surface area contributed by atoms with E-state index in [0.29, 0.717) is 10.6 Å². The molecule has 23 heavy (non-hydrogen) atoms. The van der Waals surface area contributed by atoms with Gasteiger partial charge in [0, 0.05) is 16.5 Å². The Bertz CT molecular complexity index is 557. The molecule has 2 rings (SSSR count). The zero-order valence-corrected chi connectivity index (χ0v) is 14.8. The first kappa shape index (κ1) is 17.8. The summed E-state index contributed by atoms with van der Waals surface area (Å²) in [4.78, 5) is 25.3. The number of benzene rings is 1. The summed E-state index contributed by atoms with van der Waals surface area (Å²) in [5, 5.41) is 2.02. The Hall–Kier alpha value is -1.55. The lowest BCUT2D eigenvalue weighted by atomic mass is 9.89. The molecule has 1 N–H and O–H groups in total. The van der Waals surface area contributed by atoms with Crippen molar-refractivity contribution in [3.8, 4) is 0 Å².